The van der Waals surface area contributed by atoms with Crippen molar-refractivity contribution in [2.45, 2.75) is 0 Å². The lowest BCUT2D eigenvalue weighted by Gasteiger charge is -2.05. The van der Waals surface area contributed by atoms with E-state index in [0.717, 1.165) is 6.54 Å². The highest BCUT2D eigenvalue weighted by atomic mass is 16.5. The topological polar surface area (TPSA) is 59.6 Å². The summed E-state index contributed by atoms with van der Waals surface area (Å²) < 4.78 is 9.82. The van der Waals surface area contributed by atoms with Crippen LogP contribution in [0.2, 0.25) is 0 Å². The summed E-state index contributed by atoms with van der Waals surface area (Å²) in [5.74, 6) is -0.104. The Morgan fingerprint density at radius 3 is 2.77 bits per heavy atom. The monoisotopic (exact) mass is 194 g/mol. The predicted octanol–water partition coefficient (Wildman–Crippen LogP) is -0.523. The maximum absolute atomic E-state index is 11.0. The van der Waals surface area contributed by atoms with Gasteiger partial charge in [-0.15, -0.1) is 0 Å². The Labute approximate surface area is 81.8 Å². The fourth-order valence-electron chi connectivity index (χ4n) is 0.683. The number of carbonyl (C=O) groups excluding carboxylic acids is 1. The summed E-state index contributed by atoms with van der Waals surface area (Å²) in [5.41, 5.74) is 0. The largest absolute Gasteiger partial charge is 0.383 e. The highest BCUT2D eigenvalue weighted by molar-refractivity contribution is 5.77. The second-order valence-electron chi connectivity index (χ2n) is 2.50. The van der Waals surface area contributed by atoms with Crippen molar-refractivity contribution in [1.82, 2.24) is 10.6 Å². The van der Waals surface area contributed by atoms with Crippen molar-refractivity contribution in [3.8, 4) is 0 Å². The Bertz CT molecular complexity index is 139. The molecule has 0 aliphatic rings. The molecule has 0 spiro atoms. The molecule has 0 radical (unpaired) electrons. The molecule has 82 valence electrons. The predicted molar refractivity (Wildman–Crippen MR) is 53.9 cm³/mol. The van der Waals surface area contributed by atoms with Gasteiger partial charge in [0.1, 0.15) is 6.61 Å². The number of ether oxygens (including phenoxy) is 2. The standard InChI is InChI=1S/C8H18N2O3.2H2/c1-9-3-6-13-7-8(11)10-4-5-12-2;;/h9H,3-7H2,1-2H3,(H,10,11);2*1H. The third-order valence-corrected chi connectivity index (χ3v) is 1.36. The van der Waals surface area contributed by atoms with E-state index in [1.54, 1.807) is 7.11 Å². The molecule has 0 aromatic heterocycles. The van der Waals surface area contributed by atoms with Gasteiger partial charge in [0.2, 0.25) is 5.91 Å². The van der Waals surface area contributed by atoms with Crippen molar-refractivity contribution in [2.24, 2.45) is 0 Å². The van der Waals surface area contributed by atoms with Gasteiger partial charge < -0.3 is 20.1 Å². The van der Waals surface area contributed by atoms with E-state index in [-0.39, 0.29) is 15.4 Å². The maximum atomic E-state index is 11.0. The van der Waals surface area contributed by atoms with Crippen LogP contribution in [0.3, 0.4) is 0 Å². The molecule has 0 aliphatic carbocycles. The van der Waals surface area contributed by atoms with E-state index in [4.69, 9.17) is 9.47 Å². The summed E-state index contributed by atoms with van der Waals surface area (Å²) >= 11 is 0. The minimum atomic E-state index is -0.104. The van der Waals surface area contributed by atoms with Gasteiger partial charge in [-0.3, -0.25) is 4.79 Å². The highest BCUT2D eigenvalue weighted by Crippen LogP contribution is 1.74. The van der Waals surface area contributed by atoms with Crippen molar-refractivity contribution < 1.29 is 17.1 Å². The Morgan fingerprint density at radius 1 is 1.38 bits per heavy atom. The molecule has 0 bridgehead atoms. The summed E-state index contributed by atoms with van der Waals surface area (Å²) in [6.45, 7) is 2.48. The molecule has 2 N–H and O–H groups in total. The number of amides is 1. The fraction of sp³-hybridized carbons (Fsp3) is 0.875. The first-order chi connectivity index (χ1) is 6.31. The zero-order chi connectivity index (χ0) is 9.94. The van der Waals surface area contributed by atoms with Gasteiger partial charge in [0.25, 0.3) is 0 Å². The van der Waals surface area contributed by atoms with Crippen molar-refractivity contribution in [1.29, 1.82) is 0 Å². The molecule has 0 saturated carbocycles. The molecule has 0 heterocycles. The molecule has 0 atom stereocenters. The van der Waals surface area contributed by atoms with Crippen molar-refractivity contribution >= 4 is 5.91 Å². The third kappa shape index (κ3) is 9.26. The van der Waals surface area contributed by atoms with Crippen LogP contribution in [0, 0.1) is 0 Å². The van der Waals surface area contributed by atoms with Gasteiger partial charge in [0, 0.05) is 23.1 Å². The van der Waals surface area contributed by atoms with Gasteiger partial charge in [-0.2, -0.15) is 0 Å². The van der Waals surface area contributed by atoms with E-state index in [0.29, 0.717) is 19.8 Å². The summed E-state index contributed by atoms with van der Waals surface area (Å²) in [6, 6.07) is 0. The molecule has 0 fully saturated rings. The SMILES string of the molecule is CNCCOCC(=O)NCCOC.[HH].[HH]. The number of carbonyl (C=O) groups is 1. The van der Waals surface area contributed by atoms with Crippen molar-refractivity contribution in [2.75, 3.05) is 47.1 Å². The van der Waals surface area contributed by atoms with Crippen LogP contribution >= 0.6 is 0 Å². The molecule has 0 rings (SSSR count). The molecular weight excluding hydrogens is 172 g/mol. The van der Waals surface area contributed by atoms with Crippen LogP contribution < -0.4 is 10.6 Å². The zero-order valence-electron chi connectivity index (χ0n) is 8.26. The van der Waals surface area contributed by atoms with E-state index in [1.165, 1.54) is 0 Å². The van der Waals surface area contributed by atoms with Crippen LogP contribution in [-0.2, 0) is 14.3 Å². The number of nitrogens with one attached hydrogen (secondary N) is 2. The average Bonchev–Trinajstić information content (AvgIpc) is 2.13. The normalized spacial score (nSPS) is 10.0. The van der Waals surface area contributed by atoms with E-state index < -0.39 is 0 Å². The molecule has 0 unspecified atom stereocenters. The van der Waals surface area contributed by atoms with Gasteiger partial charge in [0.05, 0.1) is 13.2 Å². The highest BCUT2D eigenvalue weighted by Gasteiger charge is 1.98. The van der Waals surface area contributed by atoms with Crippen LogP contribution in [0.1, 0.15) is 2.85 Å². The van der Waals surface area contributed by atoms with E-state index >= 15 is 0 Å². The Kier molecular flexibility index (Phi) is 8.97. The van der Waals surface area contributed by atoms with E-state index in [9.17, 15) is 4.79 Å². The average molecular weight is 194 g/mol. The summed E-state index contributed by atoms with van der Waals surface area (Å²) in [6.07, 6.45) is 0. The molecule has 0 saturated heterocycles. The smallest absolute Gasteiger partial charge is 0.246 e. The van der Waals surface area contributed by atoms with E-state index in [2.05, 4.69) is 10.6 Å². The lowest BCUT2D eigenvalue weighted by molar-refractivity contribution is -0.125. The minimum absolute atomic E-state index is 0. The first-order valence-electron chi connectivity index (χ1n) is 4.29. The van der Waals surface area contributed by atoms with Gasteiger partial charge in [-0.1, -0.05) is 0 Å². The number of rotatable bonds is 8. The quantitative estimate of drug-likeness (QED) is 0.510. The Hall–Kier alpha value is -0.650. The van der Waals surface area contributed by atoms with Crippen LogP contribution in [-0.4, -0.2) is 53.0 Å². The van der Waals surface area contributed by atoms with Gasteiger partial charge in [0.15, 0.2) is 0 Å². The lowest BCUT2D eigenvalue weighted by atomic mass is 10.6. The van der Waals surface area contributed by atoms with Crippen molar-refractivity contribution in [3.63, 3.8) is 0 Å². The van der Waals surface area contributed by atoms with Crippen LogP contribution in [0.5, 0.6) is 0 Å². The molecule has 13 heavy (non-hydrogen) atoms. The van der Waals surface area contributed by atoms with Gasteiger partial charge in [-0.25, -0.2) is 0 Å². The number of likely N-dealkylation sites (N-methyl/N-ethyl adjacent to an activating group) is 1. The minimum Gasteiger partial charge on any atom is -0.383 e. The maximum Gasteiger partial charge on any atom is 0.246 e. The Morgan fingerprint density at radius 2 is 2.15 bits per heavy atom. The van der Waals surface area contributed by atoms with Crippen LogP contribution in [0.4, 0.5) is 0 Å². The third-order valence-electron chi connectivity index (χ3n) is 1.36. The summed E-state index contributed by atoms with van der Waals surface area (Å²) in [4.78, 5) is 11.0. The van der Waals surface area contributed by atoms with Gasteiger partial charge in [-0.05, 0) is 7.05 Å². The Balaban J connectivity index is -0.000000720. The lowest BCUT2D eigenvalue weighted by Crippen LogP contribution is -2.31. The molecule has 0 aromatic rings. The van der Waals surface area contributed by atoms with Crippen LogP contribution in [0.15, 0.2) is 0 Å². The number of hydrogen-bond acceptors (Lipinski definition) is 4. The van der Waals surface area contributed by atoms with Crippen molar-refractivity contribution in [3.05, 3.63) is 0 Å². The second kappa shape index (κ2) is 9.44. The molecule has 5 nitrogen and oxygen atoms in total. The van der Waals surface area contributed by atoms with E-state index in [1.807, 2.05) is 7.05 Å². The molecule has 0 aromatic carbocycles. The van der Waals surface area contributed by atoms with Gasteiger partial charge >= 0.3 is 0 Å². The first kappa shape index (κ1) is 12.3. The fourth-order valence-corrected chi connectivity index (χ4v) is 0.683. The summed E-state index contributed by atoms with van der Waals surface area (Å²) in [5, 5.41) is 5.57. The number of methoxy groups -OCH3 is 1. The second-order valence-corrected chi connectivity index (χ2v) is 2.50. The molecule has 1 amide bonds. The number of hydrogen-bond donors (Lipinski definition) is 2. The molecular formula is C8H22N2O3. The van der Waals surface area contributed by atoms with Crippen LogP contribution in [0.25, 0.3) is 0 Å². The molecule has 0 aliphatic heterocycles. The molecule has 5 heteroatoms. The first-order valence-corrected chi connectivity index (χ1v) is 4.29. The zero-order valence-corrected chi connectivity index (χ0v) is 8.26. The summed E-state index contributed by atoms with van der Waals surface area (Å²) in [7, 11) is 3.43.